The van der Waals surface area contributed by atoms with Crippen molar-refractivity contribution >= 4 is 5.96 Å². The predicted octanol–water partition coefficient (Wildman–Crippen LogP) is 3.53. The molecule has 0 spiro atoms. The number of rotatable bonds is 3. The van der Waals surface area contributed by atoms with E-state index in [0.717, 1.165) is 11.9 Å². The maximum absolute atomic E-state index is 6.22. The SMILES string of the molecule is CCC1CCC(N(C)C(N)=NC2CCCCC2)CC1. The molecular weight excluding hydrogens is 234 g/mol. The van der Waals surface area contributed by atoms with Crippen LogP contribution in [0.4, 0.5) is 0 Å². The summed E-state index contributed by atoms with van der Waals surface area (Å²) in [6, 6.07) is 1.11. The fraction of sp³-hybridized carbons (Fsp3) is 0.938. The first-order valence-corrected chi connectivity index (χ1v) is 8.26. The summed E-state index contributed by atoms with van der Waals surface area (Å²) in [7, 11) is 2.14. The molecule has 0 aromatic heterocycles. The molecule has 0 atom stereocenters. The Bertz CT molecular complexity index is 286. The van der Waals surface area contributed by atoms with Crippen molar-refractivity contribution < 1.29 is 0 Å². The average molecular weight is 265 g/mol. The molecular formula is C16H31N3. The summed E-state index contributed by atoms with van der Waals surface area (Å²) in [5.41, 5.74) is 6.22. The zero-order chi connectivity index (χ0) is 13.7. The van der Waals surface area contributed by atoms with Crippen molar-refractivity contribution in [3.63, 3.8) is 0 Å². The van der Waals surface area contributed by atoms with E-state index in [2.05, 4.69) is 18.9 Å². The number of nitrogens with zero attached hydrogens (tertiary/aromatic N) is 2. The molecule has 0 saturated heterocycles. The van der Waals surface area contributed by atoms with E-state index >= 15 is 0 Å². The van der Waals surface area contributed by atoms with Gasteiger partial charge in [-0.25, -0.2) is 4.99 Å². The van der Waals surface area contributed by atoms with Gasteiger partial charge in [-0.3, -0.25) is 0 Å². The van der Waals surface area contributed by atoms with Crippen LogP contribution >= 0.6 is 0 Å². The Morgan fingerprint density at radius 3 is 2.26 bits per heavy atom. The molecule has 0 radical (unpaired) electrons. The maximum Gasteiger partial charge on any atom is 0.191 e. The van der Waals surface area contributed by atoms with E-state index in [4.69, 9.17) is 10.7 Å². The topological polar surface area (TPSA) is 41.6 Å². The third-order valence-corrected chi connectivity index (χ3v) is 5.19. The predicted molar refractivity (Wildman–Crippen MR) is 82.3 cm³/mol. The molecule has 0 aliphatic heterocycles. The summed E-state index contributed by atoms with van der Waals surface area (Å²) >= 11 is 0. The molecule has 3 heteroatoms. The van der Waals surface area contributed by atoms with E-state index in [1.807, 2.05) is 0 Å². The lowest BCUT2D eigenvalue weighted by atomic mass is 9.84. The van der Waals surface area contributed by atoms with Gasteiger partial charge < -0.3 is 10.6 Å². The van der Waals surface area contributed by atoms with E-state index in [1.54, 1.807) is 0 Å². The van der Waals surface area contributed by atoms with Crippen LogP contribution in [-0.2, 0) is 0 Å². The van der Waals surface area contributed by atoms with Crippen molar-refractivity contribution in [3.05, 3.63) is 0 Å². The van der Waals surface area contributed by atoms with Gasteiger partial charge in [0.15, 0.2) is 5.96 Å². The van der Waals surface area contributed by atoms with E-state index in [0.29, 0.717) is 12.1 Å². The molecule has 2 saturated carbocycles. The van der Waals surface area contributed by atoms with E-state index in [1.165, 1.54) is 64.2 Å². The minimum Gasteiger partial charge on any atom is -0.370 e. The third kappa shape index (κ3) is 4.12. The van der Waals surface area contributed by atoms with Crippen LogP contribution in [0.5, 0.6) is 0 Å². The summed E-state index contributed by atoms with van der Waals surface area (Å²) in [5, 5.41) is 0. The lowest BCUT2D eigenvalue weighted by molar-refractivity contribution is 0.224. The fourth-order valence-electron chi connectivity index (χ4n) is 3.62. The van der Waals surface area contributed by atoms with Crippen molar-refractivity contribution in [2.24, 2.45) is 16.6 Å². The maximum atomic E-state index is 6.22. The molecule has 2 aliphatic carbocycles. The normalized spacial score (nSPS) is 30.3. The first kappa shape index (κ1) is 14.7. The second-order valence-electron chi connectivity index (χ2n) is 6.47. The Morgan fingerprint density at radius 1 is 1.05 bits per heavy atom. The van der Waals surface area contributed by atoms with Crippen LogP contribution in [0, 0.1) is 5.92 Å². The molecule has 0 bridgehead atoms. The summed E-state index contributed by atoms with van der Waals surface area (Å²) < 4.78 is 0. The molecule has 0 heterocycles. The third-order valence-electron chi connectivity index (χ3n) is 5.19. The first-order chi connectivity index (χ1) is 9.20. The van der Waals surface area contributed by atoms with E-state index in [9.17, 15) is 0 Å². The van der Waals surface area contributed by atoms with Gasteiger partial charge in [0.1, 0.15) is 0 Å². The highest BCUT2D eigenvalue weighted by Gasteiger charge is 2.24. The highest BCUT2D eigenvalue weighted by atomic mass is 15.3. The Hall–Kier alpha value is -0.730. The zero-order valence-corrected chi connectivity index (χ0v) is 12.8. The van der Waals surface area contributed by atoms with Crippen LogP contribution < -0.4 is 5.73 Å². The molecule has 0 aromatic carbocycles. The second kappa shape index (κ2) is 7.16. The van der Waals surface area contributed by atoms with Crippen LogP contribution in [0.15, 0.2) is 4.99 Å². The van der Waals surface area contributed by atoms with Crippen LogP contribution in [0.2, 0.25) is 0 Å². The van der Waals surface area contributed by atoms with Crippen LogP contribution in [0.25, 0.3) is 0 Å². The van der Waals surface area contributed by atoms with Gasteiger partial charge in [-0.1, -0.05) is 32.6 Å². The lowest BCUT2D eigenvalue weighted by Crippen LogP contribution is -2.44. The average Bonchev–Trinajstić information content (AvgIpc) is 2.47. The van der Waals surface area contributed by atoms with Gasteiger partial charge in [-0.05, 0) is 44.4 Å². The Labute approximate surface area is 118 Å². The zero-order valence-electron chi connectivity index (χ0n) is 12.8. The molecule has 0 amide bonds. The standard InChI is InChI=1S/C16H31N3/c1-3-13-9-11-15(12-10-13)19(2)16(17)18-14-7-5-4-6-8-14/h13-15H,3-12H2,1-2H3,(H2,17,18). The highest BCUT2D eigenvalue weighted by molar-refractivity contribution is 5.78. The quantitative estimate of drug-likeness (QED) is 0.626. The Morgan fingerprint density at radius 2 is 1.68 bits per heavy atom. The summed E-state index contributed by atoms with van der Waals surface area (Å²) in [6.45, 7) is 2.31. The Kier molecular flexibility index (Phi) is 5.53. The Balaban J connectivity index is 1.84. The van der Waals surface area contributed by atoms with Gasteiger partial charge in [0, 0.05) is 13.1 Å². The minimum absolute atomic E-state index is 0.489. The number of hydrogen-bond acceptors (Lipinski definition) is 1. The molecule has 2 aliphatic rings. The van der Waals surface area contributed by atoms with Crippen molar-refractivity contribution in [1.82, 2.24) is 4.90 Å². The van der Waals surface area contributed by atoms with Gasteiger partial charge >= 0.3 is 0 Å². The number of aliphatic imine (C=N–C) groups is 1. The molecule has 0 aromatic rings. The smallest absolute Gasteiger partial charge is 0.191 e. The van der Waals surface area contributed by atoms with Gasteiger partial charge in [-0.2, -0.15) is 0 Å². The van der Waals surface area contributed by atoms with Gasteiger partial charge in [0.25, 0.3) is 0 Å². The highest BCUT2D eigenvalue weighted by Crippen LogP contribution is 2.29. The van der Waals surface area contributed by atoms with Crippen molar-refractivity contribution in [1.29, 1.82) is 0 Å². The van der Waals surface area contributed by atoms with Crippen LogP contribution in [0.1, 0.15) is 71.1 Å². The largest absolute Gasteiger partial charge is 0.370 e. The molecule has 2 N–H and O–H groups in total. The van der Waals surface area contributed by atoms with Gasteiger partial charge in [0.05, 0.1) is 6.04 Å². The van der Waals surface area contributed by atoms with Crippen molar-refractivity contribution in [2.45, 2.75) is 83.2 Å². The first-order valence-electron chi connectivity index (χ1n) is 8.26. The van der Waals surface area contributed by atoms with Gasteiger partial charge in [-0.15, -0.1) is 0 Å². The molecule has 19 heavy (non-hydrogen) atoms. The van der Waals surface area contributed by atoms with E-state index in [-0.39, 0.29) is 0 Å². The molecule has 2 rings (SSSR count). The summed E-state index contributed by atoms with van der Waals surface area (Å²) in [5.74, 6) is 1.73. The van der Waals surface area contributed by atoms with E-state index < -0.39 is 0 Å². The number of guanidine groups is 1. The molecule has 0 unspecified atom stereocenters. The van der Waals surface area contributed by atoms with Crippen LogP contribution in [-0.4, -0.2) is 30.0 Å². The monoisotopic (exact) mass is 265 g/mol. The summed E-state index contributed by atoms with van der Waals surface area (Å²) in [4.78, 5) is 7.02. The van der Waals surface area contributed by atoms with Crippen LogP contribution in [0.3, 0.4) is 0 Å². The number of nitrogens with two attached hydrogens (primary N) is 1. The van der Waals surface area contributed by atoms with Crippen molar-refractivity contribution in [3.8, 4) is 0 Å². The molecule has 2 fully saturated rings. The second-order valence-corrected chi connectivity index (χ2v) is 6.47. The molecule has 3 nitrogen and oxygen atoms in total. The fourth-order valence-corrected chi connectivity index (χ4v) is 3.62. The lowest BCUT2D eigenvalue weighted by Gasteiger charge is -2.35. The summed E-state index contributed by atoms with van der Waals surface area (Å²) in [6.07, 6.45) is 13.1. The minimum atomic E-state index is 0.489. The van der Waals surface area contributed by atoms with Gasteiger partial charge in [0.2, 0.25) is 0 Å². The van der Waals surface area contributed by atoms with Crippen molar-refractivity contribution in [2.75, 3.05) is 7.05 Å². The number of hydrogen-bond donors (Lipinski definition) is 1. The molecule has 110 valence electrons.